The first-order valence-electron chi connectivity index (χ1n) is 13.7. The van der Waals surface area contributed by atoms with E-state index in [-0.39, 0.29) is 0 Å². The minimum atomic E-state index is 0.868. The largest absolute Gasteiger partial charge is 0.456 e. The second-order valence-corrected chi connectivity index (χ2v) is 10.2. The van der Waals surface area contributed by atoms with Crippen molar-refractivity contribution in [1.29, 1.82) is 0 Å². The van der Waals surface area contributed by atoms with Crippen molar-refractivity contribution in [2.45, 2.75) is 12.8 Å². The monoisotopic (exact) mass is 515 g/mol. The highest BCUT2D eigenvalue weighted by Crippen LogP contribution is 2.41. The van der Waals surface area contributed by atoms with Gasteiger partial charge in [0.1, 0.15) is 11.2 Å². The molecule has 5 aromatic carbocycles. The van der Waals surface area contributed by atoms with Crippen LogP contribution in [0, 0.1) is 0 Å². The molecule has 2 nitrogen and oxygen atoms in total. The van der Waals surface area contributed by atoms with Gasteiger partial charge in [-0.25, -0.2) is 0 Å². The molecule has 0 amide bonds. The number of rotatable bonds is 7. The maximum Gasteiger partial charge on any atom is 0.137 e. The van der Waals surface area contributed by atoms with Crippen LogP contribution >= 0.6 is 0 Å². The molecule has 0 saturated heterocycles. The molecule has 0 spiro atoms. The molecule has 0 saturated carbocycles. The average molecular weight is 516 g/mol. The van der Waals surface area contributed by atoms with Gasteiger partial charge in [0.2, 0.25) is 0 Å². The molecule has 2 heterocycles. The van der Waals surface area contributed by atoms with Crippen molar-refractivity contribution >= 4 is 49.3 Å². The maximum absolute atomic E-state index is 6.43. The topological polar surface area (TPSA) is 18.1 Å². The first-order chi connectivity index (χ1) is 19.7. The van der Waals surface area contributed by atoms with Crippen LogP contribution in [0.2, 0.25) is 0 Å². The molecule has 0 aliphatic carbocycles. The fourth-order valence-electron chi connectivity index (χ4n) is 5.87. The highest BCUT2D eigenvalue weighted by molar-refractivity contribution is 6.17. The van der Waals surface area contributed by atoms with E-state index in [9.17, 15) is 0 Å². The van der Waals surface area contributed by atoms with Gasteiger partial charge < -0.3 is 8.98 Å². The van der Waals surface area contributed by atoms with Crippen LogP contribution in [0.1, 0.15) is 18.4 Å². The zero-order valence-electron chi connectivity index (χ0n) is 22.3. The van der Waals surface area contributed by atoms with Crippen molar-refractivity contribution in [1.82, 2.24) is 4.57 Å². The summed E-state index contributed by atoms with van der Waals surface area (Å²) in [7, 11) is 0. The molecule has 0 aliphatic rings. The van der Waals surface area contributed by atoms with E-state index in [2.05, 4.69) is 133 Å². The van der Waals surface area contributed by atoms with Crippen LogP contribution < -0.4 is 0 Å². The Morgan fingerprint density at radius 1 is 0.675 bits per heavy atom. The molecule has 0 radical (unpaired) electrons. The molecule has 0 unspecified atom stereocenters. The lowest BCUT2D eigenvalue weighted by Gasteiger charge is -2.11. The summed E-state index contributed by atoms with van der Waals surface area (Å²) in [4.78, 5) is 0. The number of fused-ring (bicyclic) bond motifs is 6. The predicted molar refractivity (Wildman–Crippen MR) is 171 cm³/mol. The Kier molecular flexibility index (Phi) is 5.94. The molecule has 192 valence electrons. The number of hydrogen-bond donors (Lipinski definition) is 0. The van der Waals surface area contributed by atoms with E-state index in [1.54, 1.807) is 0 Å². The van der Waals surface area contributed by atoms with Gasteiger partial charge in [-0.05, 0) is 71.5 Å². The number of furan rings is 1. The fourth-order valence-corrected chi connectivity index (χ4v) is 5.87. The lowest BCUT2D eigenvalue weighted by Crippen LogP contribution is -1.95. The van der Waals surface area contributed by atoms with Gasteiger partial charge in [-0.15, -0.1) is 6.58 Å². The van der Waals surface area contributed by atoms with Crippen molar-refractivity contribution in [3.8, 4) is 16.8 Å². The highest BCUT2D eigenvalue weighted by Gasteiger charge is 2.20. The molecule has 0 atom stereocenters. The summed E-state index contributed by atoms with van der Waals surface area (Å²) in [5, 5.41) is 4.66. The van der Waals surface area contributed by atoms with E-state index in [0.717, 1.165) is 51.6 Å². The number of nitrogens with zero attached hydrogens (tertiary/aromatic N) is 1. The molecule has 7 rings (SSSR count). The Labute approximate surface area is 233 Å². The summed E-state index contributed by atoms with van der Waals surface area (Å²) >= 11 is 0. The normalized spacial score (nSPS) is 11.8. The first kappa shape index (κ1) is 24.0. The van der Waals surface area contributed by atoms with Crippen molar-refractivity contribution < 1.29 is 4.42 Å². The Bertz CT molecular complexity index is 2090. The average Bonchev–Trinajstić information content (AvgIpc) is 3.55. The van der Waals surface area contributed by atoms with Crippen molar-refractivity contribution in [2.24, 2.45) is 0 Å². The first-order valence-corrected chi connectivity index (χ1v) is 13.7. The standard InChI is InChI=1S/C38H29NO/c1-3-4-5-7-14-26(2)29-18-12-21-35-37(29)38-34(20-13-22-36(38)40-35)39-32-19-11-10-17-30(32)31-25-28(23-24-33(31)39)27-15-8-6-9-16-27/h3,6-25H,1-2,4-5H2/b14-7-. The van der Waals surface area contributed by atoms with Gasteiger partial charge >= 0.3 is 0 Å². The van der Waals surface area contributed by atoms with Crippen LogP contribution in [0.3, 0.4) is 0 Å². The lowest BCUT2D eigenvalue weighted by molar-refractivity contribution is 0.669. The molecule has 2 aromatic heterocycles. The highest BCUT2D eigenvalue weighted by atomic mass is 16.3. The van der Waals surface area contributed by atoms with Crippen LogP contribution in [0.25, 0.3) is 66.1 Å². The summed E-state index contributed by atoms with van der Waals surface area (Å²) in [6.07, 6.45) is 8.13. The summed E-state index contributed by atoms with van der Waals surface area (Å²) in [6, 6.07) is 38.6. The molecular formula is C38H29NO. The Morgan fingerprint density at radius 3 is 2.27 bits per heavy atom. The summed E-state index contributed by atoms with van der Waals surface area (Å²) in [5.74, 6) is 0. The smallest absolute Gasteiger partial charge is 0.137 e. The molecule has 0 fully saturated rings. The fraction of sp³-hybridized carbons (Fsp3) is 0.0526. The van der Waals surface area contributed by atoms with Crippen LogP contribution in [0.4, 0.5) is 0 Å². The van der Waals surface area contributed by atoms with Gasteiger partial charge in [0, 0.05) is 16.2 Å². The zero-order chi connectivity index (χ0) is 27.1. The van der Waals surface area contributed by atoms with Gasteiger partial charge in [0.25, 0.3) is 0 Å². The molecule has 2 heteroatoms. The van der Waals surface area contributed by atoms with E-state index < -0.39 is 0 Å². The van der Waals surface area contributed by atoms with E-state index in [0.29, 0.717) is 0 Å². The predicted octanol–water partition coefficient (Wildman–Crippen LogP) is 10.9. The third-order valence-corrected chi connectivity index (χ3v) is 7.72. The SMILES string of the molecule is C=CCC/C=C\C(=C)c1cccc2oc3cccc(-n4c5ccccc5c5cc(-c6ccccc6)ccc54)c3c12. The Hall–Kier alpha value is -5.08. The third kappa shape index (κ3) is 3.88. The third-order valence-electron chi connectivity index (χ3n) is 7.72. The summed E-state index contributed by atoms with van der Waals surface area (Å²) in [5.41, 5.74) is 9.67. The molecule has 0 aliphatic heterocycles. The second-order valence-electron chi connectivity index (χ2n) is 10.2. The Morgan fingerprint density at radius 2 is 1.43 bits per heavy atom. The van der Waals surface area contributed by atoms with E-state index in [1.807, 2.05) is 12.1 Å². The second kappa shape index (κ2) is 9.91. The lowest BCUT2D eigenvalue weighted by atomic mass is 9.99. The molecule has 0 N–H and O–H groups in total. The van der Waals surface area contributed by atoms with Crippen LogP contribution in [-0.4, -0.2) is 4.57 Å². The van der Waals surface area contributed by atoms with Crippen molar-refractivity contribution in [3.63, 3.8) is 0 Å². The van der Waals surface area contributed by atoms with E-state index in [4.69, 9.17) is 4.42 Å². The number of benzene rings is 5. The van der Waals surface area contributed by atoms with Gasteiger partial charge in [-0.3, -0.25) is 0 Å². The maximum atomic E-state index is 6.43. The molecule has 7 aromatic rings. The number of hydrogen-bond acceptors (Lipinski definition) is 1. The van der Waals surface area contributed by atoms with Gasteiger partial charge in [-0.1, -0.05) is 97.6 Å². The van der Waals surface area contributed by atoms with Crippen molar-refractivity contribution in [2.75, 3.05) is 0 Å². The van der Waals surface area contributed by atoms with Crippen LogP contribution in [0.5, 0.6) is 0 Å². The van der Waals surface area contributed by atoms with Crippen molar-refractivity contribution in [3.05, 3.63) is 146 Å². The van der Waals surface area contributed by atoms with Gasteiger partial charge in [0.15, 0.2) is 0 Å². The number of unbranched alkanes of at least 4 members (excludes halogenated alkanes) is 1. The quantitative estimate of drug-likeness (QED) is 0.117. The van der Waals surface area contributed by atoms with Crippen LogP contribution in [0.15, 0.2) is 145 Å². The minimum absolute atomic E-state index is 0.868. The van der Waals surface area contributed by atoms with Gasteiger partial charge in [0.05, 0.1) is 22.1 Å². The Balaban J connectivity index is 1.50. The zero-order valence-corrected chi connectivity index (χ0v) is 22.3. The number of para-hydroxylation sites is 1. The van der Waals surface area contributed by atoms with Crippen LogP contribution in [-0.2, 0) is 0 Å². The number of allylic oxidation sites excluding steroid dienone is 4. The minimum Gasteiger partial charge on any atom is -0.456 e. The molecule has 40 heavy (non-hydrogen) atoms. The number of aromatic nitrogens is 1. The van der Waals surface area contributed by atoms with Gasteiger partial charge in [-0.2, -0.15) is 0 Å². The summed E-state index contributed by atoms with van der Waals surface area (Å²) in [6.45, 7) is 8.26. The van der Waals surface area contributed by atoms with E-state index in [1.165, 1.54) is 32.9 Å². The molecular weight excluding hydrogens is 486 g/mol. The molecule has 0 bridgehead atoms. The van der Waals surface area contributed by atoms with E-state index >= 15 is 0 Å². The summed E-state index contributed by atoms with van der Waals surface area (Å²) < 4.78 is 8.82.